The molecule has 0 N–H and O–H groups in total. The molecule has 0 unspecified atom stereocenters. The van der Waals surface area contributed by atoms with Crippen LogP contribution in [0, 0.1) is 3.57 Å². The number of hydrogen-bond acceptors (Lipinski definition) is 3. The summed E-state index contributed by atoms with van der Waals surface area (Å²) >= 11 is 3.77. The molecule has 14 heavy (non-hydrogen) atoms. The topological polar surface area (TPSA) is 26.3 Å². The van der Waals surface area contributed by atoms with Crippen LogP contribution in [0.15, 0.2) is 17.5 Å². The predicted molar refractivity (Wildman–Crippen MR) is 66.5 cm³/mol. The van der Waals surface area contributed by atoms with E-state index in [-0.39, 0.29) is 0 Å². The Morgan fingerprint density at radius 2 is 2.36 bits per heavy atom. The van der Waals surface area contributed by atoms with Crippen LogP contribution >= 0.6 is 33.9 Å². The molecule has 0 aliphatic carbocycles. The molecule has 1 aromatic heterocycles. The van der Waals surface area contributed by atoms with Crippen molar-refractivity contribution in [3.63, 3.8) is 0 Å². The molecule has 0 radical (unpaired) electrons. The molecule has 0 atom stereocenters. The fourth-order valence-electron chi connectivity index (χ4n) is 1.39. The number of ether oxygens (including phenoxy) is 1. The fraction of sp³-hybridized carbons (Fsp3) is 0.100. The highest BCUT2D eigenvalue weighted by Crippen LogP contribution is 2.36. The van der Waals surface area contributed by atoms with Crippen molar-refractivity contribution in [1.82, 2.24) is 0 Å². The average molecular weight is 318 g/mol. The first-order valence-corrected chi connectivity index (χ1v) is 5.92. The van der Waals surface area contributed by atoms with E-state index < -0.39 is 0 Å². The van der Waals surface area contributed by atoms with Crippen molar-refractivity contribution in [2.75, 3.05) is 7.11 Å². The Labute approximate surface area is 99.0 Å². The van der Waals surface area contributed by atoms with Crippen LogP contribution in [0.1, 0.15) is 10.4 Å². The number of halogens is 1. The third-order valence-electron chi connectivity index (χ3n) is 2.01. The van der Waals surface area contributed by atoms with Crippen molar-refractivity contribution in [3.05, 3.63) is 26.6 Å². The Balaban J connectivity index is 2.88. The summed E-state index contributed by atoms with van der Waals surface area (Å²) in [7, 11) is 1.65. The van der Waals surface area contributed by atoms with Gasteiger partial charge in [0.25, 0.3) is 0 Å². The van der Waals surface area contributed by atoms with Crippen LogP contribution in [0.3, 0.4) is 0 Å². The van der Waals surface area contributed by atoms with Crippen LogP contribution in [0.25, 0.3) is 10.1 Å². The van der Waals surface area contributed by atoms with E-state index in [0.717, 1.165) is 31.3 Å². The second-order valence-electron chi connectivity index (χ2n) is 2.76. The van der Waals surface area contributed by atoms with Crippen LogP contribution < -0.4 is 4.74 Å². The third-order valence-corrected chi connectivity index (χ3v) is 3.73. The molecule has 0 amide bonds. The summed E-state index contributed by atoms with van der Waals surface area (Å²) < 4.78 is 7.32. The summed E-state index contributed by atoms with van der Waals surface area (Å²) in [6.07, 6.45) is 0.886. The predicted octanol–water partition coefficient (Wildman–Crippen LogP) is 3.33. The van der Waals surface area contributed by atoms with Crippen molar-refractivity contribution in [2.45, 2.75) is 0 Å². The molecule has 2 rings (SSSR count). The van der Waals surface area contributed by atoms with Crippen LogP contribution in [0.5, 0.6) is 5.75 Å². The number of carbonyl (C=O) groups is 1. The molecule has 1 heterocycles. The Morgan fingerprint density at radius 1 is 1.57 bits per heavy atom. The molecule has 0 saturated heterocycles. The van der Waals surface area contributed by atoms with Gasteiger partial charge in [-0.25, -0.2) is 0 Å². The van der Waals surface area contributed by atoms with Crippen LogP contribution in [-0.2, 0) is 0 Å². The molecule has 0 bridgehead atoms. The summed E-state index contributed by atoms with van der Waals surface area (Å²) in [6, 6.07) is 3.80. The summed E-state index contributed by atoms with van der Waals surface area (Å²) in [5.41, 5.74) is 0.728. The summed E-state index contributed by atoms with van der Waals surface area (Å²) in [5, 5.41) is 2.94. The van der Waals surface area contributed by atoms with Gasteiger partial charge in [-0.1, -0.05) is 0 Å². The van der Waals surface area contributed by atoms with E-state index in [0.29, 0.717) is 0 Å². The van der Waals surface area contributed by atoms with Crippen molar-refractivity contribution in [3.8, 4) is 5.75 Å². The normalized spacial score (nSPS) is 10.4. The third kappa shape index (κ3) is 1.42. The average Bonchev–Trinajstić information content (AvgIpc) is 2.65. The second kappa shape index (κ2) is 3.86. The zero-order valence-corrected chi connectivity index (χ0v) is 10.4. The Kier molecular flexibility index (Phi) is 2.73. The van der Waals surface area contributed by atoms with E-state index >= 15 is 0 Å². The molecule has 0 fully saturated rings. The van der Waals surface area contributed by atoms with Crippen LogP contribution in [-0.4, -0.2) is 13.4 Å². The first kappa shape index (κ1) is 9.92. The van der Waals surface area contributed by atoms with E-state index in [2.05, 4.69) is 22.6 Å². The molecule has 72 valence electrons. The minimum atomic E-state index is 0.728. The zero-order chi connectivity index (χ0) is 10.1. The van der Waals surface area contributed by atoms with E-state index in [9.17, 15) is 4.79 Å². The maximum absolute atomic E-state index is 10.8. The molecule has 0 spiro atoms. The van der Waals surface area contributed by atoms with Gasteiger partial charge in [0, 0.05) is 10.9 Å². The Hall–Kier alpha value is -0.620. The lowest BCUT2D eigenvalue weighted by Gasteiger charge is -2.05. The van der Waals surface area contributed by atoms with Crippen LogP contribution in [0.2, 0.25) is 0 Å². The molecule has 4 heteroatoms. The summed E-state index contributed by atoms with van der Waals surface area (Å²) in [5.74, 6) is 0.862. The first-order valence-electron chi connectivity index (χ1n) is 3.96. The van der Waals surface area contributed by atoms with E-state index in [4.69, 9.17) is 4.74 Å². The molecule has 2 nitrogen and oxygen atoms in total. The number of aldehydes is 1. The van der Waals surface area contributed by atoms with Crippen molar-refractivity contribution in [2.24, 2.45) is 0 Å². The number of rotatable bonds is 2. The van der Waals surface area contributed by atoms with Gasteiger partial charge in [0.2, 0.25) is 0 Å². The van der Waals surface area contributed by atoms with Crippen LogP contribution in [0.4, 0.5) is 0 Å². The van der Waals surface area contributed by atoms with Crippen molar-refractivity contribution in [1.29, 1.82) is 0 Å². The van der Waals surface area contributed by atoms with Gasteiger partial charge in [-0.15, -0.1) is 11.3 Å². The lowest BCUT2D eigenvalue weighted by Crippen LogP contribution is -1.90. The standard InChI is InChI=1S/C10H7IO2S/c1-13-9-8(11)4-6(5-12)7-2-3-14-10(7)9/h2-5H,1H3. The maximum atomic E-state index is 10.8. The molecule has 2 aromatic rings. The van der Waals surface area contributed by atoms with Gasteiger partial charge in [-0.05, 0) is 40.1 Å². The fourth-order valence-corrected chi connectivity index (χ4v) is 3.35. The zero-order valence-electron chi connectivity index (χ0n) is 7.41. The molecule has 1 aromatic carbocycles. The quantitative estimate of drug-likeness (QED) is 0.627. The van der Waals surface area contributed by atoms with Crippen molar-refractivity contribution < 1.29 is 9.53 Å². The molecular weight excluding hydrogens is 311 g/mol. The van der Waals surface area contributed by atoms with E-state index in [1.807, 2.05) is 17.5 Å². The van der Waals surface area contributed by atoms with Gasteiger partial charge < -0.3 is 4.74 Å². The smallest absolute Gasteiger partial charge is 0.150 e. The second-order valence-corrected chi connectivity index (χ2v) is 4.84. The van der Waals surface area contributed by atoms with E-state index in [1.165, 1.54) is 0 Å². The highest BCUT2D eigenvalue weighted by Gasteiger charge is 2.11. The number of thiophene rings is 1. The van der Waals surface area contributed by atoms with Gasteiger partial charge in [0.15, 0.2) is 6.29 Å². The molecule has 0 aliphatic heterocycles. The number of carbonyl (C=O) groups excluding carboxylic acids is 1. The SMILES string of the molecule is COc1c(I)cc(C=O)c2ccsc12. The number of fused-ring (bicyclic) bond motifs is 1. The first-order chi connectivity index (χ1) is 6.77. The Morgan fingerprint density at radius 3 is 3.00 bits per heavy atom. The molecule has 0 saturated carbocycles. The highest BCUT2D eigenvalue weighted by molar-refractivity contribution is 14.1. The van der Waals surface area contributed by atoms with Gasteiger partial charge in [0.1, 0.15) is 5.75 Å². The largest absolute Gasteiger partial charge is 0.494 e. The lowest BCUT2D eigenvalue weighted by atomic mass is 10.1. The number of benzene rings is 1. The summed E-state index contributed by atoms with van der Waals surface area (Å²) in [6.45, 7) is 0. The van der Waals surface area contributed by atoms with E-state index in [1.54, 1.807) is 18.4 Å². The molecule has 0 aliphatic rings. The monoisotopic (exact) mass is 318 g/mol. The summed E-state index contributed by atoms with van der Waals surface area (Å²) in [4.78, 5) is 10.8. The number of hydrogen-bond donors (Lipinski definition) is 0. The number of methoxy groups -OCH3 is 1. The van der Waals surface area contributed by atoms with Gasteiger partial charge in [-0.2, -0.15) is 0 Å². The van der Waals surface area contributed by atoms with Gasteiger partial charge in [0.05, 0.1) is 15.4 Å². The van der Waals surface area contributed by atoms with Gasteiger partial charge >= 0.3 is 0 Å². The molecular formula is C10H7IO2S. The lowest BCUT2D eigenvalue weighted by molar-refractivity contribution is 0.112. The highest BCUT2D eigenvalue weighted by atomic mass is 127. The maximum Gasteiger partial charge on any atom is 0.150 e. The minimum absolute atomic E-state index is 0.728. The minimum Gasteiger partial charge on any atom is -0.494 e. The Bertz CT molecular complexity index is 490. The van der Waals surface area contributed by atoms with Gasteiger partial charge in [-0.3, -0.25) is 4.79 Å². The van der Waals surface area contributed by atoms with Crippen molar-refractivity contribution >= 4 is 50.3 Å².